The van der Waals surface area contributed by atoms with Crippen LogP contribution in [-0.4, -0.2) is 24.4 Å². The van der Waals surface area contributed by atoms with E-state index in [-0.39, 0.29) is 17.9 Å². The number of hydrogen-bond acceptors (Lipinski definition) is 2. The highest BCUT2D eigenvalue weighted by Gasteiger charge is 2.17. The first-order valence-corrected chi connectivity index (χ1v) is 9.40. The van der Waals surface area contributed by atoms with Crippen molar-refractivity contribution in [3.8, 4) is 0 Å². The summed E-state index contributed by atoms with van der Waals surface area (Å²) in [7, 11) is 0. The Labute approximate surface area is 145 Å². The van der Waals surface area contributed by atoms with Gasteiger partial charge in [0.2, 0.25) is 0 Å². The number of amides is 2. The van der Waals surface area contributed by atoms with Crippen molar-refractivity contribution in [1.82, 2.24) is 10.6 Å². The molecule has 132 valence electrons. The molecule has 1 aromatic carbocycles. The van der Waals surface area contributed by atoms with Crippen molar-refractivity contribution < 1.29 is 9.59 Å². The average molecular weight is 330 g/mol. The van der Waals surface area contributed by atoms with E-state index in [0.717, 1.165) is 25.7 Å². The fraction of sp³-hybridized carbons (Fsp3) is 0.600. The molecule has 1 saturated carbocycles. The molecule has 0 bridgehead atoms. The highest BCUT2D eigenvalue weighted by Crippen LogP contribution is 2.18. The molecule has 2 rings (SSSR count). The molecule has 4 nitrogen and oxygen atoms in total. The van der Waals surface area contributed by atoms with Gasteiger partial charge in [-0.2, -0.15) is 0 Å². The van der Waals surface area contributed by atoms with Crippen molar-refractivity contribution in [2.24, 2.45) is 0 Å². The number of carbonyl (C=O) groups excluding carboxylic acids is 2. The van der Waals surface area contributed by atoms with E-state index in [0.29, 0.717) is 17.7 Å². The van der Waals surface area contributed by atoms with E-state index >= 15 is 0 Å². The second kappa shape index (κ2) is 10.1. The van der Waals surface area contributed by atoms with Crippen molar-refractivity contribution in [3.05, 3.63) is 35.4 Å². The Morgan fingerprint density at radius 2 is 1.71 bits per heavy atom. The predicted octanol–water partition coefficient (Wildman–Crippen LogP) is 4.06. The van der Waals surface area contributed by atoms with Gasteiger partial charge < -0.3 is 10.6 Å². The third kappa shape index (κ3) is 5.99. The maximum Gasteiger partial charge on any atom is 0.251 e. The second-order valence-corrected chi connectivity index (χ2v) is 6.71. The normalized spacial score (nSPS) is 15.0. The number of carbonyl (C=O) groups is 2. The molecule has 0 heterocycles. The monoisotopic (exact) mass is 330 g/mol. The molecule has 1 aliphatic rings. The molecule has 2 amide bonds. The molecule has 4 heteroatoms. The van der Waals surface area contributed by atoms with Gasteiger partial charge in [-0.3, -0.25) is 9.59 Å². The fourth-order valence-electron chi connectivity index (χ4n) is 3.17. The van der Waals surface area contributed by atoms with Crippen molar-refractivity contribution in [1.29, 1.82) is 0 Å². The Morgan fingerprint density at radius 1 is 1.00 bits per heavy atom. The first kappa shape index (κ1) is 18.5. The summed E-state index contributed by atoms with van der Waals surface area (Å²) in [6.45, 7) is 2.86. The summed E-state index contributed by atoms with van der Waals surface area (Å²) in [6.07, 6.45) is 10.3. The Kier molecular flexibility index (Phi) is 7.80. The van der Waals surface area contributed by atoms with Crippen LogP contribution in [0, 0.1) is 0 Å². The first-order valence-electron chi connectivity index (χ1n) is 9.40. The molecule has 1 aliphatic carbocycles. The van der Waals surface area contributed by atoms with Crippen LogP contribution in [0.3, 0.4) is 0 Å². The zero-order chi connectivity index (χ0) is 17.2. The molecule has 0 spiro atoms. The van der Waals surface area contributed by atoms with Crippen LogP contribution in [0.2, 0.25) is 0 Å². The molecule has 0 unspecified atom stereocenters. The minimum Gasteiger partial charge on any atom is -0.352 e. The zero-order valence-corrected chi connectivity index (χ0v) is 14.8. The lowest BCUT2D eigenvalue weighted by molar-refractivity contribution is 0.0927. The standard InChI is InChI=1S/C20H30N2O2/c1-2-3-4-8-14-21-19(23)16-10-9-11-17(15-16)20(24)22-18-12-6-5-7-13-18/h9-11,15,18H,2-8,12-14H2,1H3,(H,21,23)(H,22,24). The summed E-state index contributed by atoms with van der Waals surface area (Å²) in [5, 5.41) is 6.03. The van der Waals surface area contributed by atoms with Crippen LogP contribution in [0.4, 0.5) is 0 Å². The number of hydrogen-bond donors (Lipinski definition) is 2. The van der Waals surface area contributed by atoms with Gasteiger partial charge in [0.05, 0.1) is 0 Å². The quantitative estimate of drug-likeness (QED) is 0.706. The van der Waals surface area contributed by atoms with Crippen molar-refractivity contribution in [2.75, 3.05) is 6.54 Å². The number of nitrogens with one attached hydrogen (secondary N) is 2. The summed E-state index contributed by atoms with van der Waals surface area (Å²) >= 11 is 0. The highest BCUT2D eigenvalue weighted by molar-refractivity contribution is 5.99. The lowest BCUT2D eigenvalue weighted by Crippen LogP contribution is -2.36. The Balaban J connectivity index is 1.85. The van der Waals surface area contributed by atoms with Gasteiger partial charge in [-0.1, -0.05) is 51.5 Å². The van der Waals surface area contributed by atoms with E-state index in [4.69, 9.17) is 0 Å². The van der Waals surface area contributed by atoms with Crippen molar-refractivity contribution >= 4 is 11.8 Å². The Bertz CT molecular complexity index is 536. The zero-order valence-electron chi connectivity index (χ0n) is 14.8. The molecule has 2 N–H and O–H groups in total. The van der Waals surface area contributed by atoms with Crippen molar-refractivity contribution in [2.45, 2.75) is 70.8 Å². The van der Waals surface area contributed by atoms with Crippen LogP contribution >= 0.6 is 0 Å². The van der Waals surface area contributed by atoms with Crippen LogP contribution in [0.5, 0.6) is 0 Å². The van der Waals surface area contributed by atoms with Crippen LogP contribution in [-0.2, 0) is 0 Å². The molecule has 0 aliphatic heterocycles. The summed E-state index contributed by atoms with van der Waals surface area (Å²) in [5.41, 5.74) is 1.13. The third-order valence-electron chi connectivity index (χ3n) is 4.64. The van der Waals surface area contributed by atoms with Crippen LogP contribution in [0.15, 0.2) is 24.3 Å². The summed E-state index contributed by atoms with van der Waals surface area (Å²) in [5.74, 6) is -0.168. The van der Waals surface area contributed by atoms with Crippen LogP contribution in [0.1, 0.15) is 85.4 Å². The summed E-state index contributed by atoms with van der Waals surface area (Å²) in [4.78, 5) is 24.6. The van der Waals surface area contributed by atoms with E-state index in [1.807, 2.05) is 0 Å². The van der Waals surface area contributed by atoms with E-state index < -0.39 is 0 Å². The number of rotatable bonds is 8. The van der Waals surface area contributed by atoms with Crippen molar-refractivity contribution in [3.63, 3.8) is 0 Å². The van der Waals surface area contributed by atoms with Gasteiger partial charge in [0.1, 0.15) is 0 Å². The fourth-order valence-corrected chi connectivity index (χ4v) is 3.17. The molecule has 1 fully saturated rings. The predicted molar refractivity (Wildman–Crippen MR) is 97.3 cm³/mol. The first-order chi connectivity index (χ1) is 11.7. The van der Waals surface area contributed by atoms with Gasteiger partial charge in [-0.05, 0) is 37.5 Å². The molecule has 0 saturated heterocycles. The van der Waals surface area contributed by atoms with Gasteiger partial charge in [0.15, 0.2) is 0 Å². The lowest BCUT2D eigenvalue weighted by atomic mass is 9.95. The second-order valence-electron chi connectivity index (χ2n) is 6.71. The maximum atomic E-state index is 12.4. The van der Waals surface area contributed by atoms with E-state index in [1.54, 1.807) is 24.3 Å². The van der Waals surface area contributed by atoms with Gasteiger partial charge in [0.25, 0.3) is 11.8 Å². The number of benzene rings is 1. The largest absolute Gasteiger partial charge is 0.352 e. The summed E-state index contributed by atoms with van der Waals surface area (Å²) in [6, 6.07) is 7.29. The molecule has 0 atom stereocenters. The maximum absolute atomic E-state index is 12.4. The summed E-state index contributed by atoms with van der Waals surface area (Å²) < 4.78 is 0. The highest BCUT2D eigenvalue weighted by atomic mass is 16.2. The van der Waals surface area contributed by atoms with E-state index in [2.05, 4.69) is 17.6 Å². The minimum absolute atomic E-state index is 0.0699. The topological polar surface area (TPSA) is 58.2 Å². The van der Waals surface area contributed by atoms with Gasteiger partial charge in [-0.25, -0.2) is 0 Å². The van der Waals surface area contributed by atoms with Gasteiger partial charge >= 0.3 is 0 Å². The SMILES string of the molecule is CCCCCCNC(=O)c1cccc(C(=O)NC2CCCCC2)c1. The molecular weight excluding hydrogens is 300 g/mol. The molecular formula is C20H30N2O2. The van der Waals surface area contributed by atoms with Crippen LogP contribution < -0.4 is 10.6 Å². The average Bonchev–Trinajstić information content (AvgIpc) is 2.62. The van der Waals surface area contributed by atoms with Crippen LogP contribution in [0.25, 0.3) is 0 Å². The molecule has 0 radical (unpaired) electrons. The van der Waals surface area contributed by atoms with Gasteiger partial charge in [0, 0.05) is 23.7 Å². The molecule has 0 aromatic heterocycles. The molecule has 1 aromatic rings. The Morgan fingerprint density at radius 3 is 2.42 bits per heavy atom. The van der Waals surface area contributed by atoms with E-state index in [1.165, 1.54) is 32.1 Å². The smallest absolute Gasteiger partial charge is 0.251 e. The third-order valence-corrected chi connectivity index (χ3v) is 4.64. The lowest BCUT2D eigenvalue weighted by Gasteiger charge is -2.22. The van der Waals surface area contributed by atoms with Gasteiger partial charge in [-0.15, -0.1) is 0 Å². The Hall–Kier alpha value is -1.84. The minimum atomic E-state index is -0.0983. The van der Waals surface area contributed by atoms with E-state index in [9.17, 15) is 9.59 Å². The number of unbranched alkanes of at least 4 members (excludes halogenated alkanes) is 3. The molecule has 24 heavy (non-hydrogen) atoms.